The summed E-state index contributed by atoms with van der Waals surface area (Å²) >= 11 is 3.17. The van der Waals surface area contributed by atoms with Crippen molar-refractivity contribution in [1.29, 1.82) is 0 Å². The molecule has 0 bridgehead atoms. The molecule has 1 N–H and O–H groups in total. The Labute approximate surface area is 158 Å². The van der Waals surface area contributed by atoms with E-state index in [2.05, 4.69) is 51.9 Å². The summed E-state index contributed by atoms with van der Waals surface area (Å²) in [5.74, 6) is 0.843. The lowest BCUT2D eigenvalue weighted by Gasteiger charge is -2.02. The van der Waals surface area contributed by atoms with Crippen LogP contribution >= 0.6 is 23.1 Å². The van der Waals surface area contributed by atoms with Crippen LogP contribution in [-0.4, -0.2) is 21.9 Å². The monoisotopic (exact) mass is 381 g/mol. The van der Waals surface area contributed by atoms with Crippen LogP contribution in [0.4, 0.5) is 5.13 Å². The van der Waals surface area contributed by atoms with Gasteiger partial charge < -0.3 is 4.42 Å². The third-order valence-electron chi connectivity index (χ3n) is 3.74. The lowest BCUT2D eigenvalue weighted by molar-refractivity contribution is 0.0996. The highest BCUT2D eigenvalue weighted by Gasteiger charge is 2.12. The Bertz CT molecular complexity index is 1030. The zero-order valence-corrected chi connectivity index (χ0v) is 15.3. The SMILES string of the molecule is O=C(Nc1nnc(CCSc2ccc3ccccc3c2)s1)c1ccco1. The lowest BCUT2D eigenvalue weighted by atomic mass is 10.1. The highest BCUT2D eigenvalue weighted by atomic mass is 32.2. The lowest BCUT2D eigenvalue weighted by Crippen LogP contribution is -2.10. The summed E-state index contributed by atoms with van der Waals surface area (Å²) in [6.45, 7) is 0. The summed E-state index contributed by atoms with van der Waals surface area (Å²) in [6, 6.07) is 18.1. The van der Waals surface area contributed by atoms with Gasteiger partial charge in [0, 0.05) is 17.1 Å². The number of fused-ring (bicyclic) bond motifs is 1. The van der Waals surface area contributed by atoms with Gasteiger partial charge in [0.2, 0.25) is 5.13 Å². The quantitative estimate of drug-likeness (QED) is 0.483. The fourth-order valence-corrected chi connectivity index (χ4v) is 4.25. The third kappa shape index (κ3) is 3.95. The van der Waals surface area contributed by atoms with Crippen molar-refractivity contribution in [3.05, 3.63) is 71.6 Å². The van der Waals surface area contributed by atoms with Crippen molar-refractivity contribution < 1.29 is 9.21 Å². The number of carbonyl (C=O) groups is 1. The summed E-state index contributed by atoms with van der Waals surface area (Å²) in [6.07, 6.45) is 2.26. The first-order valence-electron chi connectivity index (χ1n) is 8.07. The van der Waals surface area contributed by atoms with Gasteiger partial charge in [0.05, 0.1) is 6.26 Å². The standard InChI is InChI=1S/C19H15N3O2S2/c23-18(16-6-3-10-24-16)20-19-22-21-17(26-19)9-11-25-15-8-7-13-4-1-2-5-14(13)12-15/h1-8,10,12H,9,11H2,(H,20,22,23). The van der Waals surface area contributed by atoms with Gasteiger partial charge in [-0.1, -0.05) is 41.7 Å². The van der Waals surface area contributed by atoms with E-state index >= 15 is 0 Å². The van der Waals surface area contributed by atoms with E-state index in [1.807, 2.05) is 6.07 Å². The second kappa shape index (κ2) is 7.72. The molecule has 0 aliphatic rings. The number of anilines is 1. The van der Waals surface area contributed by atoms with Gasteiger partial charge in [-0.25, -0.2) is 0 Å². The van der Waals surface area contributed by atoms with Crippen LogP contribution in [-0.2, 0) is 6.42 Å². The Kier molecular flexibility index (Phi) is 4.99. The molecule has 2 aromatic carbocycles. The normalized spacial score (nSPS) is 10.9. The minimum atomic E-state index is -0.316. The zero-order chi connectivity index (χ0) is 17.8. The summed E-state index contributed by atoms with van der Waals surface area (Å²) in [5, 5.41) is 14.7. The molecule has 7 heteroatoms. The van der Waals surface area contributed by atoms with Gasteiger partial charge in [0.25, 0.3) is 5.91 Å². The van der Waals surface area contributed by atoms with E-state index in [1.54, 1.807) is 23.9 Å². The van der Waals surface area contributed by atoms with Gasteiger partial charge in [0.1, 0.15) is 5.01 Å². The van der Waals surface area contributed by atoms with Crippen molar-refractivity contribution in [2.75, 3.05) is 11.1 Å². The molecule has 0 radical (unpaired) electrons. The van der Waals surface area contributed by atoms with Gasteiger partial charge in [0.15, 0.2) is 5.76 Å². The van der Waals surface area contributed by atoms with Crippen molar-refractivity contribution in [1.82, 2.24) is 10.2 Å². The van der Waals surface area contributed by atoms with Crippen molar-refractivity contribution in [3.63, 3.8) is 0 Å². The predicted molar refractivity (Wildman–Crippen MR) is 105 cm³/mol. The number of furan rings is 1. The summed E-state index contributed by atoms with van der Waals surface area (Å²) in [4.78, 5) is 13.2. The second-order valence-corrected chi connectivity index (χ2v) is 7.77. The molecule has 130 valence electrons. The number of hydrogen-bond acceptors (Lipinski definition) is 6. The molecule has 0 spiro atoms. The molecule has 0 atom stereocenters. The molecule has 2 heterocycles. The Morgan fingerprint density at radius 3 is 2.81 bits per heavy atom. The first-order valence-corrected chi connectivity index (χ1v) is 9.87. The predicted octanol–water partition coefficient (Wildman–Crippen LogP) is 4.87. The van der Waals surface area contributed by atoms with Gasteiger partial charge >= 0.3 is 0 Å². The van der Waals surface area contributed by atoms with E-state index < -0.39 is 0 Å². The van der Waals surface area contributed by atoms with E-state index in [4.69, 9.17) is 4.42 Å². The smallest absolute Gasteiger partial charge is 0.293 e. The van der Waals surface area contributed by atoms with Crippen molar-refractivity contribution >= 4 is 44.9 Å². The van der Waals surface area contributed by atoms with Gasteiger partial charge in [-0.3, -0.25) is 10.1 Å². The number of hydrogen-bond donors (Lipinski definition) is 1. The van der Waals surface area contributed by atoms with Crippen molar-refractivity contribution in [2.45, 2.75) is 11.3 Å². The number of benzene rings is 2. The molecule has 4 rings (SSSR count). The molecule has 0 saturated carbocycles. The number of nitrogens with one attached hydrogen (secondary N) is 1. The second-order valence-electron chi connectivity index (χ2n) is 5.54. The summed E-state index contributed by atoms with van der Waals surface area (Å²) in [7, 11) is 0. The minimum absolute atomic E-state index is 0.258. The molecule has 0 aliphatic carbocycles. The fraction of sp³-hybridized carbons (Fsp3) is 0.105. The first-order chi connectivity index (χ1) is 12.8. The van der Waals surface area contributed by atoms with E-state index in [0.717, 1.165) is 17.2 Å². The number of aryl methyl sites for hydroxylation is 1. The Balaban J connectivity index is 1.32. The third-order valence-corrected chi connectivity index (χ3v) is 5.63. The number of carbonyl (C=O) groups excluding carboxylic acids is 1. The molecule has 2 aromatic heterocycles. The molecule has 26 heavy (non-hydrogen) atoms. The molecular formula is C19H15N3O2S2. The number of rotatable bonds is 6. The van der Waals surface area contributed by atoms with Crippen LogP contribution in [0.5, 0.6) is 0 Å². The van der Waals surface area contributed by atoms with Crippen molar-refractivity contribution in [3.8, 4) is 0 Å². The number of thioether (sulfide) groups is 1. The Hall–Kier alpha value is -2.64. The van der Waals surface area contributed by atoms with Crippen LogP contribution in [0.1, 0.15) is 15.6 Å². The molecule has 5 nitrogen and oxygen atoms in total. The molecule has 4 aromatic rings. The molecule has 0 aliphatic heterocycles. The summed E-state index contributed by atoms with van der Waals surface area (Å²) in [5.41, 5.74) is 0. The fourth-order valence-electron chi connectivity index (χ4n) is 2.49. The van der Waals surface area contributed by atoms with Crippen LogP contribution < -0.4 is 5.32 Å². The average molecular weight is 381 g/mol. The highest BCUT2D eigenvalue weighted by molar-refractivity contribution is 7.99. The maximum absolute atomic E-state index is 11.9. The summed E-state index contributed by atoms with van der Waals surface area (Å²) < 4.78 is 5.06. The number of aromatic nitrogens is 2. The van der Waals surface area contributed by atoms with Crippen LogP contribution in [0.25, 0.3) is 10.8 Å². The Morgan fingerprint density at radius 1 is 1.08 bits per heavy atom. The molecule has 1 amide bonds. The van der Waals surface area contributed by atoms with Crippen LogP contribution in [0, 0.1) is 0 Å². The van der Waals surface area contributed by atoms with E-state index in [0.29, 0.717) is 5.13 Å². The Morgan fingerprint density at radius 2 is 1.96 bits per heavy atom. The average Bonchev–Trinajstić information content (AvgIpc) is 3.34. The highest BCUT2D eigenvalue weighted by Crippen LogP contribution is 2.25. The largest absolute Gasteiger partial charge is 0.459 e. The first kappa shape index (κ1) is 16.8. The van der Waals surface area contributed by atoms with Gasteiger partial charge in [-0.15, -0.1) is 22.0 Å². The van der Waals surface area contributed by atoms with Gasteiger partial charge in [-0.05, 0) is 35.0 Å². The van der Waals surface area contributed by atoms with Crippen molar-refractivity contribution in [2.24, 2.45) is 0 Å². The molecule has 0 unspecified atom stereocenters. The molecule has 0 fully saturated rings. The van der Waals surface area contributed by atoms with Crippen LogP contribution in [0.2, 0.25) is 0 Å². The van der Waals surface area contributed by atoms with E-state index in [1.165, 1.54) is 33.3 Å². The molecule has 0 saturated heterocycles. The minimum Gasteiger partial charge on any atom is -0.459 e. The van der Waals surface area contributed by atoms with Crippen LogP contribution in [0.15, 0.2) is 70.2 Å². The van der Waals surface area contributed by atoms with E-state index in [9.17, 15) is 4.79 Å². The maximum Gasteiger partial charge on any atom is 0.293 e. The maximum atomic E-state index is 11.9. The van der Waals surface area contributed by atoms with Gasteiger partial charge in [-0.2, -0.15) is 0 Å². The van der Waals surface area contributed by atoms with Crippen LogP contribution in [0.3, 0.4) is 0 Å². The number of amides is 1. The zero-order valence-electron chi connectivity index (χ0n) is 13.7. The van der Waals surface area contributed by atoms with E-state index in [-0.39, 0.29) is 11.7 Å². The molecular weight excluding hydrogens is 366 g/mol. The topological polar surface area (TPSA) is 68.0 Å². The number of nitrogens with zero attached hydrogens (tertiary/aromatic N) is 2.